The van der Waals surface area contributed by atoms with Gasteiger partial charge in [0.1, 0.15) is 0 Å². The number of nitrogens with zero attached hydrogens (tertiary/aromatic N) is 2. The van der Waals surface area contributed by atoms with Gasteiger partial charge >= 0.3 is 0 Å². The van der Waals surface area contributed by atoms with Gasteiger partial charge in [-0.1, -0.05) is 48.0 Å². The van der Waals surface area contributed by atoms with Crippen LogP contribution >= 0.6 is 0 Å². The number of para-hydroxylation sites is 1. The third-order valence-corrected chi connectivity index (χ3v) is 5.78. The number of benzene rings is 2. The molecule has 2 aromatic carbocycles. The number of hydrogen-bond donors (Lipinski definition) is 1. The zero-order valence-electron chi connectivity index (χ0n) is 15.2. The minimum atomic E-state index is -3.59. The molecule has 0 unspecified atom stereocenters. The van der Waals surface area contributed by atoms with Gasteiger partial charge in [0.25, 0.3) is 0 Å². The lowest BCUT2D eigenvalue weighted by Crippen LogP contribution is -2.25. The van der Waals surface area contributed by atoms with Crippen LogP contribution in [-0.4, -0.2) is 39.5 Å². The van der Waals surface area contributed by atoms with Gasteiger partial charge in [-0.15, -0.1) is 0 Å². The molecule has 0 saturated heterocycles. The van der Waals surface area contributed by atoms with Crippen molar-refractivity contribution in [2.45, 2.75) is 19.4 Å². The van der Waals surface area contributed by atoms with Crippen molar-refractivity contribution < 1.29 is 16.8 Å². The normalized spacial score (nSPS) is 17.7. The van der Waals surface area contributed by atoms with Crippen LogP contribution in [0.25, 0.3) is 0 Å². The highest BCUT2D eigenvalue weighted by molar-refractivity contribution is 7.92. The van der Waals surface area contributed by atoms with Crippen LogP contribution < -0.4 is 4.72 Å². The number of rotatable bonds is 5. The van der Waals surface area contributed by atoms with Crippen LogP contribution in [0.3, 0.4) is 0 Å². The molecule has 0 spiro atoms. The predicted octanol–water partition coefficient (Wildman–Crippen LogP) is 2.48. The van der Waals surface area contributed by atoms with Gasteiger partial charge in [-0.3, -0.25) is 4.72 Å². The van der Waals surface area contributed by atoms with Gasteiger partial charge in [0, 0.05) is 12.0 Å². The molecule has 0 aliphatic carbocycles. The molecule has 0 saturated carbocycles. The van der Waals surface area contributed by atoms with Crippen LogP contribution in [0.2, 0.25) is 0 Å². The molecular formula is C18H21N3O4S2. The van der Waals surface area contributed by atoms with E-state index in [9.17, 15) is 16.8 Å². The number of nitrogens with one attached hydrogen (secondary N) is 1. The quantitative estimate of drug-likeness (QED) is 0.824. The number of anilines is 1. The molecule has 144 valence electrons. The highest BCUT2D eigenvalue weighted by atomic mass is 32.2. The molecule has 1 N–H and O–H groups in total. The minimum Gasteiger partial charge on any atom is -0.283 e. The average molecular weight is 408 g/mol. The number of hydrazone groups is 1. The smallest absolute Gasteiger partial charge is 0.247 e. The molecule has 7 nitrogen and oxygen atoms in total. The maximum Gasteiger partial charge on any atom is 0.247 e. The van der Waals surface area contributed by atoms with Crippen LogP contribution in [0.15, 0.2) is 53.6 Å². The average Bonchev–Trinajstić information content (AvgIpc) is 2.99. The minimum absolute atomic E-state index is 0.346. The molecule has 1 atom stereocenters. The Balaban J connectivity index is 2.06. The van der Waals surface area contributed by atoms with E-state index in [1.54, 1.807) is 24.3 Å². The Kier molecular flexibility index (Phi) is 5.00. The Labute approximate surface area is 159 Å². The van der Waals surface area contributed by atoms with Gasteiger partial charge in [-0.2, -0.15) is 9.52 Å². The Morgan fingerprint density at radius 3 is 2.37 bits per heavy atom. The summed E-state index contributed by atoms with van der Waals surface area (Å²) in [7, 11) is -7.07. The topological polar surface area (TPSA) is 95.9 Å². The summed E-state index contributed by atoms with van der Waals surface area (Å²) in [5.41, 5.74) is 3.31. The third-order valence-electron chi connectivity index (χ3n) is 4.17. The summed E-state index contributed by atoms with van der Waals surface area (Å²) < 4.78 is 51.5. The van der Waals surface area contributed by atoms with E-state index >= 15 is 0 Å². The predicted molar refractivity (Wildman–Crippen MR) is 107 cm³/mol. The number of hydrogen-bond acceptors (Lipinski definition) is 5. The molecule has 27 heavy (non-hydrogen) atoms. The SMILES string of the molecule is Cc1cccc([C@H]2CC(c3ccccc3NS(C)(=O)=O)=NN2S(C)(=O)=O)c1. The first-order valence-corrected chi connectivity index (χ1v) is 12.0. The summed E-state index contributed by atoms with van der Waals surface area (Å²) in [6, 6.07) is 14.0. The molecule has 0 radical (unpaired) electrons. The van der Waals surface area contributed by atoms with Gasteiger partial charge in [0.15, 0.2) is 0 Å². The molecule has 0 amide bonds. The molecule has 0 fully saturated rings. The largest absolute Gasteiger partial charge is 0.283 e. The van der Waals surface area contributed by atoms with Crippen molar-refractivity contribution in [2.75, 3.05) is 17.2 Å². The first-order valence-electron chi connectivity index (χ1n) is 8.25. The summed E-state index contributed by atoms with van der Waals surface area (Å²) >= 11 is 0. The lowest BCUT2D eigenvalue weighted by molar-refractivity contribution is 0.374. The van der Waals surface area contributed by atoms with E-state index in [1.165, 1.54) is 0 Å². The van der Waals surface area contributed by atoms with E-state index in [1.807, 2.05) is 31.2 Å². The van der Waals surface area contributed by atoms with Crippen molar-refractivity contribution in [1.82, 2.24) is 4.41 Å². The maximum atomic E-state index is 12.3. The van der Waals surface area contributed by atoms with Crippen LogP contribution in [0.4, 0.5) is 5.69 Å². The molecule has 0 aromatic heterocycles. The molecular weight excluding hydrogens is 386 g/mol. The van der Waals surface area contributed by atoms with Gasteiger partial charge in [-0.05, 0) is 18.6 Å². The molecule has 9 heteroatoms. The highest BCUT2D eigenvalue weighted by Gasteiger charge is 2.35. The fourth-order valence-electron chi connectivity index (χ4n) is 3.11. The van der Waals surface area contributed by atoms with E-state index in [2.05, 4.69) is 9.82 Å². The van der Waals surface area contributed by atoms with Crippen LogP contribution in [0, 0.1) is 6.92 Å². The highest BCUT2D eigenvalue weighted by Crippen LogP contribution is 2.36. The molecule has 1 aliphatic heterocycles. The van der Waals surface area contributed by atoms with Crippen molar-refractivity contribution in [3.63, 3.8) is 0 Å². The van der Waals surface area contributed by atoms with E-state index in [0.29, 0.717) is 23.4 Å². The zero-order chi connectivity index (χ0) is 19.8. The number of aryl methyl sites for hydroxylation is 1. The molecule has 3 rings (SSSR count). The summed E-state index contributed by atoms with van der Waals surface area (Å²) in [5.74, 6) is 0. The Morgan fingerprint density at radius 2 is 1.74 bits per heavy atom. The van der Waals surface area contributed by atoms with Gasteiger partial charge in [0.2, 0.25) is 20.0 Å². The van der Waals surface area contributed by atoms with E-state index in [4.69, 9.17) is 0 Å². The van der Waals surface area contributed by atoms with Crippen molar-refractivity contribution in [3.05, 3.63) is 65.2 Å². The summed E-state index contributed by atoms with van der Waals surface area (Å²) in [6.07, 6.45) is 2.53. The van der Waals surface area contributed by atoms with E-state index < -0.39 is 26.1 Å². The van der Waals surface area contributed by atoms with Gasteiger partial charge in [-0.25, -0.2) is 16.8 Å². The van der Waals surface area contributed by atoms with Crippen LogP contribution in [-0.2, 0) is 20.0 Å². The summed E-state index contributed by atoms with van der Waals surface area (Å²) in [5, 5.41) is 4.33. The summed E-state index contributed by atoms with van der Waals surface area (Å²) in [4.78, 5) is 0. The Morgan fingerprint density at radius 1 is 1.04 bits per heavy atom. The molecule has 1 heterocycles. The van der Waals surface area contributed by atoms with Crippen LogP contribution in [0.5, 0.6) is 0 Å². The second-order valence-corrected chi connectivity index (χ2v) is 10.2. The van der Waals surface area contributed by atoms with Crippen molar-refractivity contribution in [2.24, 2.45) is 5.10 Å². The second kappa shape index (κ2) is 6.97. The maximum absolute atomic E-state index is 12.3. The Bertz CT molecular complexity index is 1110. The molecule has 1 aliphatic rings. The zero-order valence-corrected chi connectivity index (χ0v) is 16.9. The first-order chi connectivity index (χ1) is 12.5. The lowest BCUT2D eigenvalue weighted by Gasteiger charge is -2.21. The summed E-state index contributed by atoms with van der Waals surface area (Å²) in [6.45, 7) is 1.94. The lowest BCUT2D eigenvalue weighted by atomic mass is 9.97. The van der Waals surface area contributed by atoms with Crippen molar-refractivity contribution >= 4 is 31.4 Å². The van der Waals surface area contributed by atoms with Crippen molar-refractivity contribution in [3.8, 4) is 0 Å². The van der Waals surface area contributed by atoms with Crippen molar-refractivity contribution in [1.29, 1.82) is 0 Å². The third kappa shape index (κ3) is 4.48. The standard InChI is InChI=1S/C18H21N3O4S2/c1-13-7-6-8-14(11-13)18-12-17(19-21(18)27(3,24)25)15-9-4-5-10-16(15)20-26(2,22)23/h4-11,18,20H,12H2,1-3H3/t18-/m1/s1. The number of sulfonamides is 2. The van der Waals surface area contributed by atoms with E-state index in [0.717, 1.165) is 28.1 Å². The fraction of sp³-hybridized carbons (Fsp3) is 0.278. The van der Waals surface area contributed by atoms with E-state index in [-0.39, 0.29) is 0 Å². The first kappa shape index (κ1) is 19.4. The fourth-order valence-corrected chi connectivity index (χ4v) is 4.59. The second-order valence-electron chi connectivity index (χ2n) is 6.64. The molecule has 2 aromatic rings. The monoisotopic (exact) mass is 407 g/mol. The Hall–Kier alpha value is -2.39. The van der Waals surface area contributed by atoms with Gasteiger partial charge < -0.3 is 0 Å². The van der Waals surface area contributed by atoms with Crippen LogP contribution in [0.1, 0.15) is 29.2 Å². The van der Waals surface area contributed by atoms with Gasteiger partial charge in [0.05, 0.1) is 30.0 Å². The molecule has 0 bridgehead atoms.